The monoisotopic (exact) mass is 287 g/mol. The van der Waals surface area contributed by atoms with Crippen LogP contribution in [0.4, 0.5) is 4.39 Å². The highest BCUT2D eigenvalue weighted by Crippen LogP contribution is 2.30. The molecule has 4 nitrogen and oxygen atoms in total. The first-order chi connectivity index (χ1) is 9.07. The Morgan fingerprint density at radius 1 is 1.32 bits per heavy atom. The van der Waals surface area contributed by atoms with Crippen molar-refractivity contribution < 1.29 is 17.9 Å². The number of rotatable bonds is 6. The van der Waals surface area contributed by atoms with E-state index >= 15 is 0 Å². The molecule has 6 heteroatoms. The molecule has 1 aromatic rings. The number of halogens is 1. The van der Waals surface area contributed by atoms with E-state index in [-0.39, 0.29) is 24.1 Å². The van der Waals surface area contributed by atoms with E-state index in [0.717, 1.165) is 25.3 Å². The number of aliphatic hydroxyl groups is 1. The van der Waals surface area contributed by atoms with Crippen LogP contribution in [-0.4, -0.2) is 37.0 Å². The Morgan fingerprint density at radius 2 is 2.00 bits per heavy atom. The molecule has 0 spiro atoms. The molecule has 1 saturated carbocycles. The molecule has 106 valence electrons. The van der Waals surface area contributed by atoms with E-state index in [0.29, 0.717) is 6.42 Å². The molecule has 0 amide bonds. The van der Waals surface area contributed by atoms with E-state index in [9.17, 15) is 12.8 Å². The predicted molar refractivity (Wildman–Crippen MR) is 69.6 cm³/mol. The molecule has 2 rings (SSSR count). The summed E-state index contributed by atoms with van der Waals surface area (Å²) in [6.07, 6.45) is 2.97. The van der Waals surface area contributed by atoms with Crippen LogP contribution in [0, 0.1) is 5.82 Å². The lowest BCUT2D eigenvalue weighted by Crippen LogP contribution is -2.45. The third kappa shape index (κ3) is 2.96. The molecule has 1 aromatic carbocycles. The van der Waals surface area contributed by atoms with Crippen LogP contribution in [-0.2, 0) is 10.0 Å². The van der Waals surface area contributed by atoms with E-state index in [1.54, 1.807) is 0 Å². The molecule has 0 saturated heterocycles. The molecule has 0 radical (unpaired) electrons. The van der Waals surface area contributed by atoms with E-state index in [2.05, 4.69) is 0 Å². The second-order valence-corrected chi connectivity index (χ2v) is 6.57. The minimum Gasteiger partial charge on any atom is -0.396 e. The second kappa shape index (κ2) is 5.98. The predicted octanol–water partition coefficient (Wildman–Crippen LogP) is 1.75. The number of hydrogen-bond donors (Lipinski definition) is 1. The number of nitrogens with zero attached hydrogens (tertiary/aromatic N) is 1. The van der Waals surface area contributed by atoms with Gasteiger partial charge in [-0.1, -0.05) is 18.6 Å². The number of aliphatic hydroxyl groups excluding tert-OH is 1. The molecule has 0 atom stereocenters. The number of benzene rings is 1. The zero-order chi connectivity index (χ0) is 13.9. The Kier molecular flexibility index (Phi) is 4.54. The summed E-state index contributed by atoms with van der Waals surface area (Å²) in [5.41, 5.74) is 0. The van der Waals surface area contributed by atoms with Crippen LogP contribution in [0.15, 0.2) is 29.2 Å². The fourth-order valence-corrected chi connectivity index (χ4v) is 3.97. The summed E-state index contributed by atoms with van der Waals surface area (Å²) in [4.78, 5) is -0.278. The standard InChI is InChI=1S/C13H18FNO3S/c14-12-7-1-2-8-13(12)19(17,18)15(9-4-10-16)11-5-3-6-11/h1-2,7-8,11,16H,3-6,9-10H2. The maximum absolute atomic E-state index is 13.7. The van der Waals surface area contributed by atoms with Gasteiger partial charge in [-0.25, -0.2) is 12.8 Å². The van der Waals surface area contributed by atoms with Gasteiger partial charge in [0.2, 0.25) is 10.0 Å². The van der Waals surface area contributed by atoms with Crippen LogP contribution < -0.4 is 0 Å². The normalized spacial score (nSPS) is 16.6. The van der Waals surface area contributed by atoms with Crippen molar-refractivity contribution in [3.8, 4) is 0 Å². The summed E-state index contributed by atoms with van der Waals surface area (Å²) >= 11 is 0. The van der Waals surface area contributed by atoms with E-state index in [4.69, 9.17) is 5.11 Å². The summed E-state index contributed by atoms with van der Waals surface area (Å²) in [6, 6.07) is 5.36. The third-order valence-electron chi connectivity index (χ3n) is 3.44. The lowest BCUT2D eigenvalue weighted by Gasteiger charge is -2.36. The van der Waals surface area contributed by atoms with Crippen LogP contribution in [0.25, 0.3) is 0 Å². The first-order valence-electron chi connectivity index (χ1n) is 6.44. The Labute approximate surface area is 112 Å². The highest BCUT2D eigenvalue weighted by molar-refractivity contribution is 7.89. The number of sulfonamides is 1. The topological polar surface area (TPSA) is 57.6 Å². The van der Waals surface area contributed by atoms with Crippen LogP contribution in [0.1, 0.15) is 25.7 Å². The molecular weight excluding hydrogens is 269 g/mol. The molecule has 0 aliphatic heterocycles. The largest absolute Gasteiger partial charge is 0.396 e. The highest BCUT2D eigenvalue weighted by atomic mass is 32.2. The maximum atomic E-state index is 13.7. The van der Waals surface area contributed by atoms with Gasteiger partial charge in [0.1, 0.15) is 10.7 Å². The third-order valence-corrected chi connectivity index (χ3v) is 5.43. The molecule has 1 aliphatic carbocycles. The molecule has 1 aliphatic rings. The Morgan fingerprint density at radius 3 is 2.53 bits per heavy atom. The summed E-state index contributed by atoms with van der Waals surface area (Å²) in [7, 11) is -3.82. The first kappa shape index (κ1) is 14.4. The zero-order valence-electron chi connectivity index (χ0n) is 10.6. The van der Waals surface area contributed by atoms with Crippen LogP contribution >= 0.6 is 0 Å². The Hall–Kier alpha value is -0.980. The van der Waals surface area contributed by atoms with Crippen molar-refractivity contribution >= 4 is 10.0 Å². The summed E-state index contributed by atoms with van der Waals surface area (Å²) in [5.74, 6) is -0.726. The van der Waals surface area contributed by atoms with Gasteiger partial charge >= 0.3 is 0 Å². The Balaban J connectivity index is 2.31. The van der Waals surface area contributed by atoms with Crippen molar-refractivity contribution in [2.24, 2.45) is 0 Å². The van der Waals surface area contributed by atoms with Gasteiger partial charge in [0.15, 0.2) is 0 Å². The average molecular weight is 287 g/mol. The van der Waals surface area contributed by atoms with E-state index < -0.39 is 15.8 Å². The average Bonchev–Trinajstić information content (AvgIpc) is 2.32. The lowest BCUT2D eigenvalue weighted by molar-refractivity contribution is 0.198. The van der Waals surface area contributed by atoms with Gasteiger partial charge in [0.05, 0.1) is 0 Å². The molecular formula is C13H18FNO3S. The van der Waals surface area contributed by atoms with Crippen LogP contribution in [0.3, 0.4) is 0 Å². The van der Waals surface area contributed by atoms with Crippen molar-refractivity contribution in [1.29, 1.82) is 0 Å². The summed E-state index contributed by atoms with van der Waals surface area (Å²) < 4.78 is 40.0. The minimum absolute atomic E-state index is 0.0591. The Bertz CT molecular complexity index is 528. The van der Waals surface area contributed by atoms with E-state index in [1.165, 1.54) is 22.5 Å². The molecule has 1 fully saturated rings. The van der Waals surface area contributed by atoms with Gasteiger partial charge in [-0.05, 0) is 31.4 Å². The van der Waals surface area contributed by atoms with Crippen molar-refractivity contribution in [3.63, 3.8) is 0 Å². The summed E-state index contributed by atoms with van der Waals surface area (Å²) in [6.45, 7) is 0.161. The lowest BCUT2D eigenvalue weighted by atomic mass is 9.93. The molecule has 19 heavy (non-hydrogen) atoms. The van der Waals surface area contributed by atoms with Gasteiger partial charge < -0.3 is 5.11 Å². The van der Waals surface area contributed by atoms with Crippen LogP contribution in [0.2, 0.25) is 0 Å². The van der Waals surface area contributed by atoms with Crippen molar-refractivity contribution in [2.45, 2.75) is 36.6 Å². The fourth-order valence-electron chi connectivity index (χ4n) is 2.18. The quantitative estimate of drug-likeness (QED) is 0.867. The molecule has 0 bridgehead atoms. The van der Waals surface area contributed by atoms with Crippen molar-refractivity contribution in [2.75, 3.05) is 13.2 Å². The highest BCUT2D eigenvalue weighted by Gasteiger charge is 2.35. The first-order valence-corrected chi connectivity index (χ1v) is 7.88. The SMILES string of the molecule is O=S(=O)(c1ccccc1F)N(CCCO)C1CCC1. The van der Waals surface area contributed by atoms with Crippen molar-refractivity contribution in [1.82, 2.24) is 4.31 Å². The maximum Gasteiger partial charge on any atom is 0.246 e. The van der Waals surface area contributed by atoms with E-state index in [1.807, 2.05) is 0 Å². The van der Waals surface area contributed by atoms with Gasteiger partial charge in [-0.15, -0.1) is 0 Å². The smallest absolute Gasteiger partial charge is 0.246 e. The molecule has 1 N–H and O–H groups in total. The molecule has 0 heterocycles. The van der Waals surface area contributed by atoms with Gasteiger partial charge in [-0.2, -0.15) is 4.31 Å². The fraction of sp³-hybridized carbons (Fsp3) is 0.538. The van der Waals surface area contributed by atoms with Crippen molar-refractivity contribution in [3.05, 3.63) is 30.1 Å². The number of hydrogen-bond acceptors (Lipinski definition) is 3. The summed E-state index contributed by atoms with van der Waals surface area (Å²) in [5, 5.41) is 8.88. The van der Waals surface area contributed by atoms with Gasteiger partial charge in [0, 0.05) is 19.2 Å². The van der Waals surface area contributed by atoms with Gasteiger partial charge in [-0.3, -0.25) is 0 Å². The molecule has 0 unspecified atom stereocenters. The van der Waals surface area contributed by atoms with Gasteiger partial charge in [0.25, 0.3) is 0 Å². The second-order valence-electron chi connectivity index (χ2n) is 4.71. The minimum atomic E-state index is -3.82. The van der Waals surface area contributed by atoms with Crippen LogP contribution in [0.5, 0.6) is 0 Å². The molecule has 0 aromatic heterocycles. The zero-order valence-corrected chi connectivity index (χ0v) is 11.4.